The van der Waals surface area contributed by atoms with E-state index in [-0.39, 0.29) is 21.8 Å². The molecule has 1 amide bonds. The van der Waals surface area contributed by atoms with Crippen molar-refractivity contribution in [3.05, 3.63) is 44.1 Å². The zero-order valence-corrected chi connectivity index (χ0v) is 11.7. The lowest BCUT2D eigenvalue weighted by Gasteiger charge is -2.04. The first-order chi connectivity index (χ1) is 8.56. The largest absolute Gasteiger partial charge is 0.344 e. The fourth-order valence-electron chi connectivity index (χ4n) is 1.30. The third kappa shape index (κ3) is 3.19. The lowest BCUT2D eigenvalue weighted by molar-refractivity contribution is 0.0946. The van der Waals surface area contributed by atoms with E-state index in [1.54, 1.807) is 6.07 Å². The molecule has 0 atom stereocenters. The summed E-state index contributed by atoms with van der Waals surface area (Å²) in [7, 11) is 0. The van der Waals surface area contributed by atoms with Gasteiger partial charge >= 0.3 is 0 Å². The molecule has 1 N–H and O–H groups in total. The number of hydrogen-bond donors (Lipinski definition) is 1. The molecule has 18 heavy (non-hydrogen) atoms. The van der Waals surface area contributed by atoms with Crippen LogP contribution in [0.2, 0.25) is 10.2 Å². The van der Waals surface area contributed by atoms with Gasteiger partial charge in [0, 0.05) is 11.1 Å². The summed E-state index contributed by atoms with van der Waals surface area (Å²) in [6.07, 6.45) is 0. The lowest BCUT2D eigenvalue weighted by Crippen LogP contribution is -2.24. The Morgan fingerprint density at radius 1 is 1.39 bits per heavy atom. The van der Waals surface area contributed by atoms with E-state index in [2.05, 4.69) is 15.3 Å². The maximum absolute atomic E-state index is 11.9. The molecule has 94 valence electrons. The average molecular weight is 302 g/mol. The monoisotopic (exact) mass is 301 g/mol. The highest BCUT2D eigenvalue weighted by Crippen LogP contribution is 2.17. The van der Waals surface area contributed by atoms with Crippen molar-refractivity contribution in [2.24, 2.45) is 0 Å². The molecule has 0 aromatic carbocycles. The number of halogens is 2. The van der Waals surface area contributed by atoms with Crippen molar-refractivity contribution in [3.8, 4) is 0 Å². The summed E-state index contributed by atoms with van der Waals surface area (Å²) >= 11 is 13.1. The van der Waals surface area contributed by atoms with Gasteiger partial charge in [0.1, 0.15) is 15.9 Å². The van der Waals surface area contributed by atoms with Crippen molar-refractivity contribution in [3.63, 3.8) is 0 Å². The topological polar surface area (TPSA) is 54.9 Å². The van der Waals surface area contributed by atoms with E-state index in [0.717, 1.165) is 10.7 Å². The summed E-state index contributed by atoms with van der Waals surface area (Å²) in [4.78, 5) is 20.0. The molecule has 2 aromatic heterocycles. The molecule has 0 saturated carbocycles. The van der Waals surface area contributed by atoms with Gasteiger partial charge in [-0.15, -0.1) is 11.3 Å². The highest BCUT2D eigenvalue weighted by molar-refractivity contribution is 7.09. The molecule has 0 radical (unpaired) electrons. The van der Waals surface area contributed by atoms with E-state index in [1.807, 2.05) is 12.3 Å². The van der Waals surface area contributed by atoms with E-state index in [0.29, 0.717) is 6.54 Å². The third-order valence-electron chi connectivity index (χ3n) is 2.09. The normalized spacial score (nSPS) is 10.4. The number of thiazole rings is 1. The Hall–Kier alpha value is -1.17. The van der Waals surface area contributed by atoms with Gasteiger partial charge < -0.3 is 5.32 Å². The van der Waals surface area contributed by atoms with Crippen LogP contribution in [0.4, 0.5) is 0 Å². The van der Waals surface area contributed by atoms with Gasteiger partial charge in [-0.05, 0) is 19.1 Å². The number of aromatic nitrogens is 2. The van der Waals surface area contributed by atoms with Gasteiger partial charge in [-0.25, -0.2) is 9.97 Å². The second-order valence-corrected chi connectivity index (χ2v) is 5.27. The number of carbonyl (C=O) groups is 1. The first kappa shape index (κ1) is 13.3. The number of pyridine rings is 1. The molecule has 0 aliphatic carbocycles. The van der Waals surface area contributed by atoms with E-state index >= 15 is 0 Å². The Balaban J connectivity index is 2.05. The van der Waals surface area contributed by atoms with Crippen LogP contribution in [0.3, 0.4) is 0 Å². The van der Waals surface area contributed by atoms with Gasteiger partial charge in [0.2, 0.25) is 0 Å². The molecule has 0 fully saturated rings. The molecule has 2 heterocycles. The molecule has 4 nitrogen and oxygen atoms in total. The summed E-state index contributed by atoms with van der Waals surface area (Å²) in [5, 5.41) is 5.96. The Kier molecular flexibility index (Phi) is 4.16. The second kappa shape index (κ2) is 5.65. The van der Waals surface area contributed by atoms with Crippen LogP contribution >= 0.6 is 34.5 Å². The number of rotatable bonds is 3. The summed E-state index contributed by atoms with van der Waals surface area (Å²) in [6.45, 7) is 2.25. The average Bonchev–Trinajstić information content (AvgIpc) is 2.75. The van der Waals surface area contributed by atoms with Crippen molar-refractivity contribution < 1.29 is 4.79 Å². The van der Waals surface area contributed by atoms with Gasteiger partial charge in [-0.3, -0.25) is 4.79 Å². The molecule has 0 bridgehead atoms. The van der Waals surface area contributed by atoms with Gasteiger partial charge in [0.05, 0.1) is 11.6 Å². The van der Waals surface area contributed by atoms with Crippen molar-refractivity contribution in [1.29, 1.82) is 0 Å². The maximum atomic E-state index is 11.9. The SMILES string of the molecule is Cc1csc(CNC(=O)c2nc(Cl)ccc2Cl)n1. The minimum absolute atomic E-state index is 0.123. The molecule has 0 aliphatic rings. The van der Waals surface area contributed by atoms with E-state index in [9.17, 15) is 4.79 Å². The van der Waals surface area contributed by atoms with Gasteiger partial charge in [-0.1, -0.05) is 23.2 Å². The van der Waals surface area contributed by atoms with Crippen LogP contribution < -0.4 is 5.32 Å². The van der Waals surface area contributed by atoms with Crippen LogP contribution in [0, 0.1) is 6.92 Å². The molecule has 0 spiro atoms. The molecule has 2 rings (SSSR count). The molecule has 7 heteroatoms. The van der Waals surface area contributed by atoms with Gasteiger partial charge in [-0.2, -0.15) is 0 Å². The van der Waals surface area contributed by atoms with Crippen molar-refractivity contribution >= 4 is 40.4 Å². The van der Waals surface area contributed by atoms with E-state index in [1.165, 1.54) is 17.4 Å². The summed E-state index contributed by atoms with van der Waals surface area (Å²) in [6, 6.07) is 3.07. The zero-order chi connectivity index (χ0) is 13.1. The van der Waals surface area contributed by atoms with E-state index < -0.39 is 0 Å². The predicted octanol–water partition coefficient (Wildman–Crippen LogP) is 3.08. The van der Waals surface area contributed by atoms with Gasteiger partial charge in [0.25, 0.3) is 5.91 Å². The van der Waals surface area contributed by atoms with Crippen LogP contribution in [0.5, 0.6) is 0 Å². The first-order valence-corrected chi connectivity index (χ1v) is 6.71. The Morgan fingerprint density at radius 2 is 2.17 bits per heavy atom. The molecule has 0 aliphatic heterocycles. The minimum Gasteiger partial charge on any atom is -0.344 e. The van der Waals surface area contributed by atoms with Crippen LogP contribution in [0.15, 0.2) is 17.5 Å². The molecule has 2 aromatic rings. The van der Waals surface area contributed by atoms with Crippen molar-refractivity contribution in [2.75, 3.05) is 0 Å². The fourth-order valence-corrected chi connectivity index (χ4v) is 2.35. The molecule has 0 saturated heterocycles. The first-order valence-electron chi connectivity index (χ1n) is 5.07. The van der Waals surface area contributed by atoms with Crippen LogP contribution in [-0.2, 0) is 6.54 Å². The minimum atomic E-state index is -0.365. The number of nitrogens with zero attached hydrogens (tertiary/aromatic N) is 2. The second-order valence-electron chi connectivity index (χ2n) is 3.53. The Bertz CT molecular complexity index is 585. The predicted molar refractivity (Wildman–Crippen MR) is 72.3 cm³/mol. The van der Waals surface area contributed by atoms with Crippen LogP contribution in [-0.4, -0.2) is 15.9 Å². The zero-order valence-electron chi connectivity index (χ0n) is 9.41. The number of amides is 1. The fraction of sp³-hybridized carbons (Fsp3) is 0.182. The molecular formula is C11H9Cl2N3OS. The summed E-state index contributed by atoms with van der Waals surface area (Å²) in [5.74, 6) is -0.365. The highest BCUT2D eigenvalue weighted by atomic mass is 35.5. The number of hydrogen-bond acceptors (Lipinski definition) is 4. The van der Waals surface area contributed by atoms with Gasteiger partial charge in [0.15, 0.2) is 0 Å². The van der Waals surface area contributed by atoms with Crippen molar-refractivity contribution in [2.45, 2.75) is 13.5 Å². The lowest BCUT2D eigenvalue weighted by atomic mass is 10.3. The Labute approximate surface area is 118 Å². The van der Waals surface area contributed by atoms with Crippen LogP contribution in [0.25, 0.3) is 0 Å². The van der Waals surface area contributed by atoms with E-state index in [4.69, 9.17) is 23.2 Å². The van der Waals surface area contributed by atoms with Crippen LogP contribution in [0.1, 0.15) is 21.2 Å². The molecule has 0 unspecified atom stereocenters. The summed E-state index contributed by atoms with van der Waals surface area (Å²) in [5.41, 5.74) is 1.06. The maximum Gasteiger partial charge on any atom is 0.271 e. The number of nitrogens with one attached hydrogen (secondary N) is 1. The number of aryl methyl sites for hydroxylation is 1. The quantitative estimate of drug-likeness (QED) is 0.886. The Morgan fingerprint density at radius 3 is 2.83 bits per heavy atom. The molecular weight excluding hydrogens is 293 g/mol. The smallest absolute Gasteiger partial charge is 0.271 e. The number of carbonyl (C=O) groups excluding carboxylic acids is 1. The standard InChI is InChI=1S/C11H9Cl2N3OS/c1-6-5-18-9(15-6)4-14-11(17)10-7(12)2-3-8(13)16-10/h2-3,5H,4H2,1H3,(H,14,17). The van der Waals surface area contributed by atoms with Crippen molar-refractivity contribution in [1.82, 2.24) is 15.3 Å². The third-order valence-corrected chi connectivity index (χ3v) is 3.58. The highest BCUT2D eigenvalue weighted by Gasteiger charge is 2.13. The summed E-state index contributed by atoms with van der Waals surface area (Å²) < 4.78 is 0.